The molecule has 0 radical (unpaired) electrons. The molecule has 1 aromatic rings. The van der Waals surface area contributed by atoms with Gasteiger partial charge in [-0.15, -0.1) is 0 Å². The Balaban J connectivity index is 1.36. The van der Waals surface area contributed by atoms with Crippen LogP contribution in [0.3, 0.4) is 0 Å². The minimum atomic E-state index is 0.0274. The fourth-order valence-electron chi connectivity index (χ4n) is 3.60. The molecule has 22 heavy (non-hydrogen) atoms. The Bertz CT molecular complexity index is 500. The van der Waals surface area contributed by atoms with Gasteiger partial charge in [-0.2, -0.15) is 0 Å². The molecule has 4 rings (SSSR count). The zero-order valence-corrected chi connectivity index (χ0v) is 12.9. The standard InChI is InChI=1S/C17H24N2O3/c20-17(16-2-1-7-22-16)18-11-15(12-18)19(10-13-3-4-13)14-5-8-21-9-6-14/h1-2,7,13-15H,3-6,8-12H2. The number of carbonyl (C=O) groups is 1. The molecule has 0 unspecified atom stereocenters. The number of hydrogen-bond donors (Lipinski definition) is 0. The number of furan rings is 1. The Morgan fingerprint density at radius 2 is 1.95 bits per heavy atom. The number of carbonyl (C=O) groups excluding carboxylic acids is 1. The summed E-state index contributed by atoms with van der Waals surface area (Å²) >= 11 is 0. The summed E-state index contributed by atoms with van der Waals surface area (Å²) in [6.07, 6.45) is 6.58. The lowest BCUT2D eigenvalue weighted by molar-refractivity contribution is -0.0274. The van der Waals surface area contributed by atoms with Gasteiger partial charge in [-0.1, -0.05) is 0 Å². The molecule has 2 saturated heterocycles. The highest BCUT2D eigenvalue weighted by Crippen LogP contribution is 2.34. The van der Waals surface area contributed by atoms with Crippen molar-refractivity contribution in [2.75, 3.05) is 32.8 Å². The smallest absolute Gasteiger partial charge is 0.289 e. The van der Waals surface area contributed by atoms with Gasteiger partial charge in [-0.05, 0) is 43.7 Å². The molecule has 5 nitrogen and oxygen atoms in total. The summed E-state index contributed by atoms with van der Waals surface area (Å²) in [5.74, 6) is 1.37. The molecule has 0 N–H and O–H groups in total. The van der Waals surface area contributed by atoms with Gasteiger partial charge >= 0.3 is 0 Å². The van der Waals surface area contributed by atoms with E-state index in [1.165, 1.54) is 19.4 Å². The summed E-state index contributed by atoms with van der Waals surface area (Å²) < 4.78 is 10.7. The van der Waals surface area contributed by atoms with Gasteiger partial charge in [-0.3, -0.25) is 9.69 Å². The lowest BCUT2D eigenvalue weighted by atomic mass is 9.99. The molecule has 0 bridgehead atoms. The van der Waals surface area contributed by atoms with E-state index in [9.17, 15) is 4.79 Å². The molecule has 1 amide bonds. The van der Waals surface area contributed by atoms with Crippen molar-refractivity contribution in [3.05, 3.63) is 24.2 Å². The molecule has 0 atom stereocenters. The number of ether oxygens (including phenoxy) is 1. The van der Waals surface area contributed by atoms with E-state index >= 15 is 0 Å². The molecule has 1 aliphatic carbocycles. The van der Waals surface area contributed by atoms with Crippen molar-refractivity contribution in [2.45, 2.75) is 37.8 Å². The number of hydrogen-bond acceptors (Lipinski definition) is 4. The Labute approximate surface area is 131 Å². The van der Waals surface area contributed by atoms with E-state index in [4.69, 9.17) is 9.15 Å². The van der Waals surface area contributed by atoms with Crippen LogP contribution in [0.25, 0.3) is 0 Å². The van der Waals surface area contributed by atoms with Crippen LogP contribution < -0.4 is 0 Å². The van der Waals surface area contributed by atoms with Crippen LogP contribution in [0.1, 0.15) is 36.2 Å². The number of rotatable bonds is 5. The third-order valence-corrected chi connectivity index (χ3v) is 5.18. The van der Waals surface area contributed by atoms with Crippen molar-refractivity contribution >= 4 is 5.91 Å². The third kappa shape index (κ3) is 2.92. The first-order valence-electron chi connectivity index (χ1n) is 8.47. The Hall–Kier alpha value is -1.33. The number of likely N-dealkylation sites (tertiary alicyclic amines) is 1. The summed E-state index contributed by atoms with van der Waals surface area (Å²) in [6.45, 7) is 4.65. The van der Waals surface area contributed by atoms with Crippen molar-refractivity contribution in [1.29, 1.82) is 0 Å². The highest BCUT2D eigenvalue weighted by molar-refractivity contribution is 5.92. The average molecular weight is 304 g/mol. The van der Waals surface area contributed by atoms with E-state index < -0.39 is 0 Å². The zero-order valence-electron chi connectivity index (χ0n) is 12.9. The molecular formula is C17H24N2O3. The molecule has 3 fully saturated rings. The average Bonchev–Trinajstić information content (AvgIpc) is 3.15. The van der Waals surface area contributed by atoms with E-state index in [0.717, 1.165) is 45.1 Å². The Kier molecular flexibility index (Phi) is 3.92. The van der Waals surface area contributed by atoms with Gasteiger partial charge in [0.25, 0.3) is 5.91 Å². The molecule has 1 saturated carbocycles. The maximum Gasteiger partial charge on any atom is 0.289 e. The van der Waals surface area contributed by atoms with Gasteiger partial charge in [0.1, 0.15) is 0 Å². The van der Waals surface area contributed by atoms with Crippen molar-refractivity contribution in [3.63, 3.8) is 0 Å². The van der Waals surface area contributed by atoms with E-state index in [2.05, 4.69) is 4.90 Å². The second-order valence-electron chi connectivity index (χ2n) is 6.82. The molecule has 3 heterocycles. The second-order valence-corrected chi connectivity index (χ2v) is 6.82. The minimum Gasteiger partial charge on any atom is -0.459 e. The maximum absolute atomic E-state index is 12.3. The van der Waals surface area contributed by atoms with Crippen LogP contribution >= 0.6 is 0 Å². The van der Waals surface area contributed by atoms with Gasteiger partial charge in [0.05, 0.1) is 6.26 Å². The van der Waals surface area contributed by atoms with Crippen LogP contribution in [-0.4, -0.2) is 60.6 Å². The first kappa shape index (κ1) is 14.3. The predicted octanol–water partition coefficient (Wildman–Crippen LogP) is 1.99. The van der Waals surface area contributed by atoms with Crippen molar-refractivity contribution in [1.82, 2.24) is 9.80 Å². The summed E-state index contributed by atoms with van der Waals surface area (Å²) in [4.78, 5) is 16.8. The van der Waals surface area contributed by atoms with Crippen LogP contribution in [-0.2, 0) is 4.74 Å². The minimum absolute atomic E-state index is 0.0274. The normalized spacial score (nSPS) is 23.8. The fourth-order valence-corrected chi connectivity index (χ4v) is 3.60. The molecule has 3 aliphatic rings. The lowest BCUT2D eigenvalue weighted by Crippen LogP contribution is -2.63. The summed E-state index contributed by atoms with van der Waals surface area (Å²) in [7, 11) is 0. The number of amides is 1. The van der Waals surface area contributed by atoms with Gasteiger partial charge in [0.15, 0.2) is 5.76 Å². The first-order chi connectivity index (χ1) is 10.8. The summed E-state index contributed by atoms with van der Waals surface area (Å²) in [6, 6.07) is 4.67. The van der Waals surface area contributed by atoms with E-state index in [1.54, 1.807) is 18.4 Å². The van der Waals surface area contributed by atoms with Crippen LogP contribution in [0.4, 0.5) is 0 Å². The second kappa shape index (κ2) is 6.05. The van der Waals surface area contributed by atoms with Gasteiger partial charge in [-0.25, -0.2) is 0 Å². The zero-order chi connectivity index (χ0) is 14.9. The van der Waals surface area contributed by atoms with Crippen LogP contribution in [0.15, 0.2) is 22.8 Å². The SMILES string of the molecule is O=C(c1ccco1)N1CC(N(CC2CC2)C2CCOCC2)C1. The molecule has 0 spiro atoms. The van der Waals surface area contributed by atoms with Crippen molar-refractivity contribution < 1.29 is 13.9 Å². The van der Waals surface area contributed by atoms with Gasteiger partial charge < -0.3 is 14.1 Å². The summed E-state index contributed by atoms with van der Waals surface area (Å²) in [5.41, 5.74) is 0. The van der Waals surface area contributed by atoms with Gasteiger partial charge in [0.2, 0.25) is 0 Å². The quantitative estimate of drug-likeness (QED) is 0.834. The topological polar surface area (TPSA) is 45.9 Å². The third-order valence-electron chi connectivity index (χ3n) is 5.18. The van der Waals surface area contributed by atoms with Gasteiger partial charge in [0, 0.05) is 44.9 Å². The fraction of sp³-hybridized carbons (Fsp3) is 0.706. The molecule has 1 aromatic heterocycles. The van der Waals surface area contributed by atoms with E-state index in [1.807, 2.05) is 4.90 Å². The Morgan fingerprint density at radius 3 is 2.59 bits per heavy atom. The molecule has 120 valence electrons. The van der Waals surface area contributed by atoms with Crippen LogP contribution in [0.5, 0.6) is 0 Å². The number of nitrogens with zero attached hydrogens (tertiary/aromatic N) is 2. The predicted molar refractivity (Wildman–Crippen MR) is 81.7 cm³/mol. The maximum atomic E-state index is 12.3. The Morgan fingerprint density at radius 1 is 1.18 bits per heavy atom. The lowest BCUT2D eigenvalue weighted by Gasteiger charge is -2.49. The van der Waals surface area contributed by atoms with Crippen LogP contribution in [0, 0.1) is 5.92 Å². The molecule has 5 heteroatoms. The molecule has 0 aromatic carbocycles. The van der Waals surface area contributed by atoms with E-state index in [0.29, 0.717) is 17.8 Å². The molecule has 2 aliphatic heterocycles. The highest BCUT2D eigenvalue weighted by atomic mass is 16.5. The first-order valence-corrected chi connectivity index (χ1v) is 8.47. The highest BCUT2D eigenvalue weighted by Gasteiger charge is 2.41. The van der Waals surface area contributed by atoms with Crippen molar-refractivity contribution in [2.24, 2.45) is 5.92 Å². The van der Waals surface area contributed by atoms with Crippen LogP contribution in [0.2, 0.25) is 0 Å². The van der Waals surface area contributed by atoms with Crippen molar-refractivity contribution in [3.8, 4) is 0 Å². The monoisotopic (exact) mass is 304 g/mol. The largest absolute Gasteiger partial charge is 0.459 e. The van der Waals surface area contributed by atoms with E-state index in [-0.39, 0.29) is 5.91 Å². The molecular weight excluding hydrogens is 280 g/mol. The summed E-state index contributed by atoms with van der Waals surface area (Å²) in [5, 5.41) is 0.